The van der Waals surface area contributed by atoms with Gasteiger partial charge in [0.1, 0.15) is 11.7 Å². The van der Waals surface area contributed by atoms with Crippen molar-refractivity contribution in [2.45, 2.75) is 167 Å². The van der Waals surface area contributed by atoms with E-state index in [4.69, 9.17) is 14.2 Å². The average molecular weight is 500 g/mol. The van der Waals surface area contributed by atoms with E-state index in [9.17, 15) is 14.7 Å². The van der Waals surface area contributed by atoms with Crippen LogP contribution in [0, 0.1) is 0 Å². The second kappa shape index (κ2) is 16.4. The summed E-state index contributed by atoms with van der Waals surface area (Å²) in [6, 6.07) is -0.495. The first-order chi connectivity index (χ1) is 16.4. The number of hydrogen-bond donors (Lipinski definition) is 2. The van der Waals surface area contributed by atoms with Crippen molar-refractivity contribution in [3.05, 3.63) is 0 Å². The van der Waals surface area contributed by atoms with Crippen LogP contribution >= 0.6 is 0 Å². The number of carboxylic acid groups (broad SMARTS) is 1. The zero-order valence-electron chi connectivity index (χ0n) is 23.3. The van der Waals surface area contributed by atoms with Crippen molar-refractivity contribution in [1.82, 2.24) is 5.32 Å². The molecule has 0 radical (unpaired) electrons. The van der Waals surface area contributed by atoms with Crippen molar-refractivity contribution in [2.75, 3.05) is 0 Å². The third-order valence-electron chi connectivity index (χ3n) is 6.33. The number of unbranched alkanes of at least 4 members (excludes halogenated alkanes) is 11. The van der Waals surface area contributed by atoms with E-state index in [1.165, 1.54) is 64.2 Å². The van der Waals surface area contributed by atoms with E-state index >= 15 is 0 Å². The van der Waals surface area contributed by atoms with Gasteiger partial charge in [-0.05, 0) is 47.5 Å². The number of rotatable bonds is 18. The molecule has 35 heavy (non-hydrogen) atoms. The quantitative estimate of drug-likeness (QED) is 0.191. The van der Waals surface area contributed by atoms with E-state index in [2.05, 4.69) is 12.2 Å². The number of carboxylic acids is 1. The van der Waals surface area contributed by atoms with Crippen molar-refractivity contribution in [3.8, 4) is 0 Å². The van der Waals surface area contributed by atoms with E-state index in [1.807, 2.05) is 13.8 Å². The highest BCUT2D eigenvalue weighted by Crippen LogP contribution is 2.34. The minimum Gasteiger partial charge on any atom is -0.481 e. The van der Waals surface area contributed by atoms with Crippen LogP contribution in [0.15, 0.2) is 0 Å². The van der Waals surface area contributed by atoms with E-state index in [0.717, 1.165) is 19.3 Å². The van der Waals surface area contributed by atoms with Gasteiger partial charge in [0.25, 0.3) is 0 Å². The van der Waals surface area contributed by atoms with Gasteiger partial charge in [-0.3, -0.25) is 4.79 Å². The number of alkyl carbamates (subject to hydrolysis) is 1. The zero-order chi connectivity index (χ0) is 26.3. The van der Waals surface area contributed by atoms with Crippen LogP contribution in [0.5, 0.6) is 0 Å². The predicted molar refractivity (Wildman–Crippen MR) is 140 cm³/mol. The van der Waals surface area contributed by atoms with Gasteiger partial charge in [0.05, 0.1) is 12.1 Å². The molecule has 1 amide bonds. The van der Waals surface area contributed by atoms with Crippen molar-refractivity contribution >= 4 is 12.1 Å². The lowest BCUT2D eigenvalue weighted by atomic mass is 9.96. The van der Waals surface area contributed by atoms with Crippen LogP contribution in [-0.4, -0.2) is 46.8 Å². The van der Waals surface area contributed by atoms with Crippen molar-refractivity contribution < 1.29 is 28.9 Å². The molecule has 0 unspecified atom stereocenters. The molecule has 0 bridgehead atoms. The summed E-state index contributed by atoms with van der Waals surface area (Å²) in [4.78, 5) is 23.7. The summed E-state index contributed by atoms with van der Waals surface area (Å²) >= 11 is 0. The molecule has 3 atom stereocenters. The topological polar surface area (TPSA) is 94.1 Å². The number of carbonyl (C=O) groups excluding carboxylic acids is 1. The SMILES string of the molecule is CCCCCCCCCCCCCC[C@H]1OC(C)(C)O[C@H]1[C@H](CCC(=O)O)NC(=O)OC(C)(C)C. The highest BCUT2D eigenvalue weighted by atomic mass is 16.8. The van der Waals surface area contributed by atoms with Gasteiger partial charge in [-0.2, -0.15) is 0 Å². The second-order valence-corrected chi connectivity index (χ2v) is 11.5. The molecule has 1 aliphatic rings. The number of aliphatic carboxylic acids is 1. The number of nitrogens with one attached hydrogen (secondary N) is 1. The van der Waals surface area contributed by atoms with Gasteiger partial charge in [0.15, 0.2) is 5.79 Å². The van der Waals surface area contributed by atoms with Gasteiger partial charge in [0, 0.05) is 6.42 Å². The fourth-order valence-corrected chi connectivity index (χ4v) is 4.67. The molecule has 1 saturated heterocycles. The largest absolute Gasteiger partial charge is 0.481 e. The lowest BCUT2D eigenvalue weighted by molar-refractivity contribution is -0.149. The number of ether oxygens (including phenoxy) is 3. The Morgan fingerprint density at radius 2 is 1.43 bits per heavy atom. The second-order valence-electron chi connectivity index (χ2n) is 11.5. The van der Waals surface area contributed by atoms with Crippen LogP contribution in [0.1, 0.15) is 138 Å². The molecule has 0 spiro atoms. The summed E-state index contributed by atoms with van der Waals surface area (Å²) in [5.74, 6) is -1.68. The summed E-state index contributed by atoms with van der Waals surface area (Å²) in [5.41, 5.74) is -0.637. The summed E-state index contributed by atoms with van der Waals surface area (Å²) in [6.07, 6.45) is 15.3. The Bertz CT molecular complexity index is 601. The Labute approximate surface area is 214 Å². The molecule has 2 N–H and O–H groups in total. The monoisotopic (exact) mass is 499 g/mol. The summed E-state index contributed by atoms with van der Waals surface area (Å²) in [7, 11) is 0. The maximum absolute atomic E-state index is 12.4. The van der Waals surface area contributed by atoms with Gasteiger partial charge in [-0.15, -0.1) is 0 Å². The fraction of sp³-hybridized carbons (Fsp3) is 0.929. The molecule has 7 nitrogen and oxygen atoms in total. The van der Waals surface area contributed by atoms with Crippen molar-refractivity contribution in [1.29, 1.82) is 0 Å². The summed E-state index contributed by atoms with van der Waals surface area (Å²) < 4.78 is 17.7. The Hall–Kier alpha value is -1.34. The van der Waals surface area contributed by atoms with Gasteiger partial charge in [-0.25, -0.2) is 4.79 Å². The predicted octanol–water partition coefficient (Wildman–Crippen LogP) is 7.36. The molecule has 0 saturated carbocycles. The minimum absolute atomic E-state index is 0.0634. The number of hydrogen-bond acceptors (Lipinski definition) is 5. The molecule has 0 aromatic carbocycles. The summed E-state index contributed by atoms with van der Waals surface area (Å²) in [6.45, 7) is 11.4. The first kappa shape index (κ1) is 31.7. The van der Waals surface area contributed by atoms with E-state index in [-0.39, 0.29) is 18.9 Å². The van der Waals surface area contributed by atoms with Crippen LogP contribution in [0.3, 0.4) is 0 Å². The van der Waals surface area contributed by atoms with Crippen LogP contribution in [0.2, 0.25) is 0 Å². The maximum Gasteiger partial charge on any atom is 0.407 e. The lowest BCUT2D eigenvalue weighted by Crippen LogP contribution is -2.49. The van der Waals surface area contributed by atoms with Gasteiger partial charge in [-0.1, -0.05) is 84.0 Å². The van der Waals surface area contributed by atoms with Gasteiger partial charge >= 0.3 is 12.1 Å². The molecule has 206 valence electrons. The first-order valence-corrected chi connectivity index (χ1v) is 14.0. The molecule has 1 heterocycles. The third-order valence-corrected chi connectivity index (χ3v) is 6.33. The molecular weight excluding hydrogens is 446 g/mol. The van der Waals surface area contributed by atoms with Crippen LogP contribution < -0.4 is 5.32 Å². The molecule has 7 heteroatoms. The van der Waals surface area contributed by atoms with Crippen molar-refractivity contribution in [3.63, 3.8) is 0 Å². The van der Waals surface area contributed by atoms with Crippen LogP contribution in [0.4, 0.5) is 4.79 Å². The van der Waals surface area contributed by atoms with Crippen LogP contribution in [0.25, 0.3) is 0 Å². The van der Waals surface area contributed by atoms with Gasteiger partial charge < -0.3 is 24.6 Å². The standard InChI is InChI=1S/C28H53NO6/c1-7-8-9-10-11-12-13-14-15-16-17-18-19-23-25(34-28(5,6)33-23)22(20-21-24(30)31)29-26(32)35-27(2,3)4/h22-23,25H,7-21H2,1-6H3,(H,29,32)(H,30,31)/t22-,23+,25-/m0/s1. The van der Waals surface area contributed by atoms with Gasteiger partial charge in [0.2, 0.25) is 0 Å². The zero-order valence-corrected chi connectivity index (χ0v) is 23.3. The smallest absolute Gasteiger partial charge is 0.407 e. The fourth-order valence-electron chi connectivity index (χ4n) is 4.67. The Morgan fingerprint density at radius 1 is 0.914 bits per heavy atom. The molecule has 1 rings (SSSR count). The maximum atomic E-state index is 12.4. The molecule has 1 aliphatic heterocycles. The normalized spacial score (nSPS) is 20.5. The molecule has 1 fully saturated rings. The molecule has 0 aromatic rings. The Kier molecular flexibility index (Phi) is 14.9. The average Bonchev–Trinajstić information content (AvgIpc) is 3.04. The Morgan fingerprint density at radius 3 is 1.91 bits per heavy atom. The Balaban J connectivity index is 2.47. The van der Waals surface area contributed by atoms with E-state index in [0.29, 0.717) is 0 Å². The van der Waals surface area contributed by atoms with Crippen LogP contribution in [-0.2, 0) is 19.0 Å². The summed E-state index contributed by atoms with van der Waals surface area (Å²) in [5, 5.41) is 12.1. The highest BCUT2D eigenvalue weighted by Gasteiger charge is 2.45. The number of carbonyl (C=O) groups is 2. The highest BCUT2D eigenvalue weighted by molar-refractivity contribution is 5.69. The molecule has 0 aromatic heterocycles. The minimum atomic E-state index is -0.906. The molecule has 0 aliphatic carbocycles. The van der Waals surface area contributed by atoms with Crippen molar-refractivity contribution in [2.24, 2.45) is 0 Å². The third kappa shape index (κ3) is 15.4. The number of amides is 1. The molecular formula is C28H53NO6. The van der Waals surface area contributed by atoms with E-state index in [1.54, 1.807) is 20.8 Å². The first-order valence-electron chi connectivity index (χ1n) is 14.0. The lowest BCUT2D eigenvalue weighted by Gasteiger charge is -2.29. The van der Waals surface area contributed by atoms with E-state index < -0.39 is 35.6 Å².